The topological polar surface area (TPSA) is 39.7 Å². The highest BCUT2D eigenvalue weighted by Crippen LogP contribution is 2.49. The third-order valence-corrected chi connectivity index (χ3v) is 5.52. The number of nitrogens with one attached hydrogen (secondary N) is 1. The highest BCUT2D eigenvalue weighted by molar-refractivity contribution is 5.83. The molecular formula is C27H23NO3. The Morgan fingerprint density at radius 1 is 0.742 bits per heavy atom. The van der Waals surface area contributed by atoms with E-state index in [4.69, 9.17) is 14.2 Å². The smallest absolute Gasteiger partial charge is 0.150 e. The lowest BCUT2D eigenvalue weighted by Gasteiger charge is -2.30. The van der Waals surface area contributed by atoms with Gasteiger partial charge in [0.25, 0.3) is 0 Å². The number of hydrogen-bond acceptors (Lipinski definition) is 4. The van der Waals surface area contributed by atoms with Gasteiger partial charge in [0.05, 0.1) is 19.8 Å². The van der Waals surface area contributed by atoms with Crippen molar-refractivity contribution in [3.05, 3.63) is 102 Å². The van der Waals surface area contributed by atoms with E-state index in [9.17, 15) is 0 Å². The van der Waals surface area contributed by atoms with Gasteiger partial charge in [0.1, 0.15) is 23.4 Å². The zero-order chi connectivity index (χ0) is 21.2. The Hall–Kier alpha value is -3.92. The lowest BCUT2D eigenvalue weighted by molar-refractivity contribution is 0.241. The summed E-state index contributed by atoms with van der Waals surface area (Å²) in [6.07, 6.45) is -0.262. The molecule has 4 aromatic carbocycles. The Morgan fingerprint density at radius 2 is 1.58 bits per heavy atom. The van der Waals surface area contributed by atoms with Crippen molar-refractivity contribution < 1.29 is 14.2 Å². The molecule has 0 saturated heterocycles. The lowest BCUT2D eigenvalue weighted by atomic mass is 9.88. The second kappa shape index (κ2) is 8.07. The molecule has 0 amide bonds. The Kier molecular flexibility index (Phi) is 4.97. The van der Waals surface area contributed by atoms with Gasteiger partial charge in [-0.15, -0.1) is 0 Å². The van der Waals surface area contributed by atoms with Gasteiger partial charge in [-0.25, -0.2) is 0 Å². The number of fused-ring (bicyclic) bond motifs is 3. The molecular weight excluding hydrogens is 386 g/mol. The van der Waals surface area contributed by atoms with Crippen LogP contribution in [-0.2, 0) is 0 Å². The molecule has 0 aliphatic carbocycles. The van der Waals surface area contributed by atoms with Crippen molar-refractivity contribution in [2.24, 2.45) is 0 Å². The van der Waals surface area contributed by atoms with E-state index in [-0.39, 0.29) is 6.10 Å². The minimum atomic E-state index is -0.262. The molecule has 1 unspecified atom stereocenters. The molecule has 4 heteroatoms. The predicted molar refractivity (Wildman–Crippen MR) is 124 cm³/mol. The minimum Gasteiger partial charge on any atom is -0.497 e. The maximum atomic E-state index is 6.53. The summed E-state index contributed by atoms with van der Waals surface area (Å²) in [6.45, 7) is 0. The number of methoxy groups -OCH3 is 2. The van der Waals surface area contributed by atoms with Crippen molar-refractivity contribution in [3.8, 4) is 28.4 Å². The fourth-order valence-electron chi connectivity index (χ4n) is 4.06. The van der Waals surface area contributed by atoms with Crippen LogP contribution in [0.2, 0.25) is 0 Å². The highest BCUT2D eigenvalue weighted by atomic mass is 16.5. The van der Waals surface area contributed by atoms with Crippen molar-refractivity contribution in [1.29, 1.82) is 0 Å². The number of benzene rings is 4. The number of ether oxygens (including phenoxy) is 3. The van der Waals surface area contributed by atoms with E-state index in [0.29, 0.717) is 0 Å². The molecule has 154 valence electrons. The molecule has 0 fully saturated rings. The quantitative estimate of drug-likeness (QED) is 0.403. The largest absolute Gasteiger partial charge is 0.497 e. The Labute approximate surface area is 182 Å². The van der Waals surface area contributed by atoms with Crippen LogP contribution in [-0.4, -0.2) is 14.2 Å². The maximum absolute atomic E-state index is 6.53. The first-order valence-corrected chi connectivity index (χ1v) is 10.2. The summed E-state index contributed by atoms with van der Waals surface area (Å²) in [7, 11) is 3.37. The van der Waals surface area contributed by atoms with Gasteiger partial charge in [-0.1, -0.05) is 42.5 Å². The Balaban J connectivity index is 1.65. The molecule has 1 N–H and O–H groups in total. The summed E-state index contributed by atoms with van der Waals surface area (Å²) in [4.78, 5) is 0. The number of anilines is 2. The maximum Gasteiger partial charge on any atom is 0.150 e. The molecule has 1 aliphatic heterocycles. The van der Waals surface area contributed by atoms with Crippen molar-refractivity contribution in [2.75, 3.05) is 19.5 Å². The van der Waals surface area contributed by atoms with Crippen LogP contribution >= 0.6 is 0 Å². The normalized spacial score (nSPS) is 14.1. The number of rotatable bonds is 5. The summed E-state index contributed by atoms with van der Waals surface area (Å²) < 4.78 is 17.6. The second-order valence-electron chi connectivity index (χ2n) is 7.40. The first kappa shape index (κ1) is 19.1. The Bertz CT molecular complexity index is 1220. The van der Waals surface area contributed by atoms with Gasteiger partial charge in [0, 0.05) is 22.5 Å². The van der Waals surface area contributed by atoms with Crippen LogP contribution < -0.4 is 19.5 Å². The first-order valence-electron chi connectivity index (χ1n) is 10.2. The molecule has 5 rings (SSSR count). The third kappa shape index (κ3) is 3.57. The molecule has 1 aliphatic rings. The van der Waals surface area contributed by atoms with E-state index in [1.807, 2.05) is 66.7 Å². The van der Waals surface area contributed by atoms with Crippen molar-refractivity contribution in [1.82, 2.24) is 0 Å². The fourth-order valence-corrected chi connectivity index (χ4v) is 4.06. The van der Waals surface area contributed by atoms with Gasteiger partial charge in [0.15, 0.2) is 0 Å². The predicted octanol–water partition coefficient (Wildman–Crippen LogP) is 6.60. The monoisotopic (exact) mass is 409 g/mol. The van der Waals surface area contributed by atoms with Crippen LogP contribution in [0.25, 0.3) is 11.1 Å². The molecule has 0 bridgehead atoms. The summed E-state index contributed by atoms with van der Waals surface area (Å²) >= 11 is 0. The number of hydrogen-bond donors (Lipinski definition) is 1. The molecule has 4 nitrogen and oxygen atoms in total. The highest BCUT2D eigenvalue weighted by Gasteiger charge is 2.30. The van der Waals surface area contributed by atoms with Crippen LogP contribution in [0.3, 0.4) is 0 Å². The molecule has 0 aromatic heterocycles. The van der Waals surface area contributed by atoms with Gasteiger partial charge in [-0.2, -0.15) is 0 Å². The van der Waals surface area contributed by atoms with E-state index in [1.165, 1.54) is 0 Å². The van der Waals surface area contributed by atoms with Gasteiger partial charge < -0.3 is 19.5 Å². The number of para-hydroxylation sites is 1. The summed E-state index contributed by atoms with van der Waals surface area (Å²) in [6, 6.07) is 30.5. The van der Waals surface area contributed by atoms with Gasteiger partial charge in [-0.05, 0) is 54.1 Å². The van der Waals surface area contributed by atoms with Crippen molar-refractivity contribution in [2.45, 2.75) is 6.10 Å². The first-order chi connectivity index (χ1) is 15.3. The van der Waals surface area contributed by atoms with E-state index < -0.39 is 0 Å². The molecule has 0 radical (unpaired) electrons. The van der Waals surface area contributed by atoms with E-state index in [2.05, 4.69) is 29.6 Å². The zero-order valence-electron chi connectivity index (χ0n) is 17.5. The Morgan fingerprint density at radius 3 is 2.39 bits per heavy atom. The van der Waals surface area contributed by atoms with Crippen LogP contribution in [0, 0.1) is 0 Å². The molecule has 31 heavy (non-hydrogen) atoms. The zero-order valence-corrected chi connectivity index (χ0v) is 17.5. The van der Waals surface area contributed by atoms with Gasteiger partial charge in [-0.3, -0.25) is 0 Å². The molecule has 1 atom stereocenters. The lowest BCUT2D eigenvalue weighted by Crippen LogP contribution is -2.16. The van der Waals surface area contributed by atoms with E-state index in [0.717, 1.165) is 50.9 Å². The third-order valence-electron chi connectivity index (χ3n) is 5.52. The van der Waals surface area contributed by atoms with Crippen LogP contribution in [0.1, 0.15) is 17.2 Å². The van der Waals surface area contributed by atoms with E-state index >= 15 is 0 Å². The average molecular weight is 409 g/mol. The minimum absolute atomic E-state index is 0.262. The summed E-state index contributed by atoms with van der Waals surface area (Å²) in [5, 5.41) is 3.49. The van der Waals surface area contributed by atoms with Gasteiger partial charge >= 0.3 is 0 Å². The van der Waals surface area contributed by atoms with E-state index in [1.54, 1.807) is 14.2 Å². The standard InChI is InChI=1S/C27H23NO3/c1-29-21-11-6-8-18(16-21)27-23-17-20(28-19-9-4-3-5-10-19)14-15-22(23)26-24(30-2)12-7-13-25(26)31-27/h3-17,27-28H,1-2H3. The summed E-state index contributed by atoms with van der Waals surface area (Å²) in [5.74, 6) is 2.41. The molecule has 4 aromatic rings. The van der Waals surface area contributed by atoms with Gasteiger partial charge in [0.2, 0.25) is 0 Å². The summed E-state index contributed by atoms with van der Waals surface area (Å²) in [5.41, 5.74) is 6.22. The fraction of sp³-hybridized carbons (Fsp3) is 0.111. The molecule has 0 spiro atoms. The van der Waals surface area contributed by atoms with Crippen molar-refractivity contribution in [3.63, 3.8) is 0 Å². The van der Waals surface area contributed by atoms with Crippen LogP contribution in [0.5, 0.6) is 17.2 Å². The SMILES string of the molecule is COc1cccc(C2Oc3cccc(OC)c3-c3ccc(Nc4ccccc4)cc32)c1. The van der Waals surface area contributed by atoms with Crippen LogP contribution in [0.15, 0.2) is 91.0 Å². The van der Waals surface area contributed by atoms with Crippen LogP contribution in [0.4, 0.5) is 11.4 Å². The average Bonchev–Trinajstić information content (AvgIpc) is 2.83. The second-order valence-corrected chi connectivity index (χ2v) is 7.40. The van der Waals surface area contributed by atoms with Crippen molar-refractivity contribution >= 4 is 11.4 Å². The molecule has 0 saturated carbocycles. The molecule has 1 heterocycles.